The van der Waals surface area contributed by atoms with Crippen LogP contribution in [0, 0.1) is 0 Å². The quantitative estimate of drug-likeness (QED) is 0.615. The Bertz CT molecular complexity index is 910. The Hall–Kier alpha value is -3.00. The molecule has 0 aliphatic heterocycles. The molecule has 0 bridgehead atoms. The van der Waals surface area contributed by atoms with E-state index in [1.807, 2.05) is 6.92 Å². The molecular weight excluding hydrogens is 380 g/mol. The summed E-state index contributed by atoms with van der Waals surface area (Å²) < 4.78 is 36.2. The fraction of sp³-hybridized carbons (Fsp3) is 0.250. The van der Waals surface area contributed by atoms with Gasteiger partial charge in [0.05, 0.1) is 18.6 Å². The molecule has 0 aromatic heterocycles. The molecular formula is C20H24N2O5S. The molecule has 7 nitrogen and oxygen atoms in total. The van der Waals surface area contributed by atoms with Gasteiger partial charge in [0, 0.05) is 11.8 Å². The van der Waals surface area contributed by atoms with Crippen LogP contribution in [0.15, 0.2) is 61.2 Å². The number of ether oxygens (including phenoxy) is 2. The third kappa shape index (κ3) is 6.31. The van der Waals surface area contributed by atoms with E-state index in [0.717, 1.165) is 10.6 Å². The predicted octanol–water partition coefficient (Wildman–Crippen LogP) is 3.05. The van der Waals surface area contributed by atoms with Crippen molar-refractivity contribution >= 4 is 27.3 Å². The largest absolute Gasteiger partial charge is 0.494 e. The highest BCUT2D eigenvalue weighted by molar-refractivity contribution is 7.92. The summed E-state index contributed by atoms with van der Waals surface area (Å²) in [6.45, 7) is 5.94. The van der Waals surface area contributed by atoms with Crippen molar-refractivity contribution in [2.45, 2.75) is 6.92 Å². The standard InChI is InChI=1S/C20H24N2O5S/c1-4-13-27-19-8-6-7-16(14-19)21-20(23)15-22(28(3,24)25)17-9-11-18(12-10-17)26-5-2/h4,6-12,14H,1,5,13,15H2,2-3H3,(H,21,23). The van der Waals surface area contributed by atoms with Gasteiger partial charge in [-0.2, -0.15) is 0 Å². The number of rotatable bonds is 10. The van der Waals surface area contributed by atoms with Gasteiger partial charge < -0.3 is 14.8 Å². The number of benzene rings is 2. The molecule has 0 fully saturated rings. The van der Waals surface area contributed by atoms with Crippen LogP contribution in [0.5, 0.6) is 11.5 Å². The van der Waals surface area contributed by atoms with Crippen molar-refractivity contribution in [2.75, 3.05) is 35.6 Å². The highest BCUT2D eigenvalue weighted by Gasteiger charge is 2.21. The fourth-order valence-corrected chi connectivity index (χ4v) is 3.28. The lowest BCUT2D eigenvalue weighted by Crippen LogP contribution is -2.37. The molecule has 0 saturated heterocycles. The molecule has 0 saturated carbocycles. The monoisotopic (exact) mass is 404 g/mol. The lowest BCUT2D eigenvalue weighted by atomic mass is 10.3. The van der Waals surface area contributed by atoms with Gasteiger partial charge in [0.1, 0.15) is 24.7 Å². The predicted molar refractivity (Wildman–Crippen MR) is 111 cm³/mol. The topological polar surface area (TPSA) is 84.9 Å². The molecule has 150 valence electrons. The molecule has 0 aliphatic carbocycles. The first kappa shape index (κ1) is 21.3. The first-order valence-corrected chi connectivity index (χ1v) is 10.5. The molecule has 8 heteroatoms. The van der Waals surface area contributed by atoms with Crippen molar-refractivity contribution < 1.29 is 22.7 Å². The number of anilines is 2. The van der Waals surface area contributed by atoms with Crippen molar-refractivity contribution in [1.29, 1.82) is 0 Å². The maximum Gasteiger partial charge on any atom is 0.245 e. The number of amides is 1. The molecule has 1 amide bonds. The van der Waals surface area contributed by atoms with E-state index >= 15 is 0 Å². The number of nitrogens with zero attached hydrogens (tertiary/aromatic N) is 1. The van der Waals surface area contributed by atoms with E-state index in [4.69, 9.17) is 9.47 Å². The Kier molecular flexibility index (Phi) is 7.45. The zero-order valence-corrected chi connectivity index (χ0v) is 16.7. The van der Waals surface area contributed by atoms with Gasteiger partial charge >= 0.3 is 0 Å². The number of hydrogen-bond acceptors (Lipinski definition) is 5. The van der Waals surface area contributed by atoms with E-state index < -0.39 is 15.9 Å². The molecule has 28 heavy (non-hydrogen) atoms. The second-order valence-corrected chi connectivity index (χ2v) is 7.78. The van der Waals surface area contributed by atoms with Crippen LogP contribution in [0.3, 0.4) is 0 Å². The highest BCUT2D eigenvalue weighted by atomic mass is 32.2. The molecule has 0 heterocycles. The Balaban J connectivity index is 2.12. The van der Waals surface area contributed by atoms with E-state index in [1.165, 1.54) is 0 Å². The minimum absolute atomic E-state index is 0.344. The summed E-state index contributed by atoms with van der Waals surface area (Å²) in [4.78, 5) is 12.4. The third-order valence-corrected chi connectivity index (χ3v) is 4.75. The van der Waals surface area contributed by atoms with E-state index in [0.29, 0.717) is 36.1 Å². The zero-order chi connectivity index (χ0) is 20.6. The van der Waals surface area contributed by atoms with Gasteiger partial charge in [-0.3, -0.25) is 9.10 Å². The van der Waals surface area contributed by atoms with Crippen LogP contribution in [0.1, 0.15) is 6.92 Å². The molecule has 2 aromatic rings. The zero-order valence-electron chi connectivity index (χ0n) is 15.9. The van der Waals surface area contributed by atoms with Crippen LogP contribution in [0.2, 0.25) is 0 Å². The van der Waals surface area contributed by atoms with Gasteiger partial charge in [0.15, 0.2) is 0 Å². The number of carbonyl (C=O) groups is 1. The molecule has 1 N–H and O–H groups in total. The van der Waals surface area contributed by atoms with Crippen LogP contribution < -0.4 is 19.1 Å². The smallest absolute Gasteiger partial charge is 0.245 e. The third-order valence-electron chi connectivity index (χ3n) is 3.61. The van der Waals surface area contributed by atoms with Gasteiger partial charge in [0.25, 0.3) is 0 Å². The molecule has 0 unspecified atom stereocenters. The lowest BCUT2D eigenvalue weighted by Gasteiger charge is -2.22. The highest BCUT2D eigenvalue weighted by Crippen LogP contribution is 2.22. The van der Waals surface area contributed by atoms with E-state index in [1.54, 1.807) is 54.6 Å². The van der Waals surface area contributed by atoms with Gasteiger partial charge in [-0.15, -0.1) is 0 Å². The molecule has 0 radical (unpaired) electrons. The summed E-state index contributed by atoms with van der Waals surface area (Å²) in [5, 5.41) is 2.69. The Labute approximate surface area is 165 Å². The van der Waals surface area contributed by atoms with Crippen molar-refractivity contribution in [3.63, 3.8) is 0 Å². The second kappa shape index (κ2) is 9.80. The van der Waals surface area contributed by atoms with Crippen LogP contribution in [-0.2, 0) is 14.8 Å². The van der Waals surface area contributed by atoms with Gasteiger partial charge in [-0.25, -0.2) is 8.42 Å². The summed E-state index contributed by atoms with van der Waals surface area (Å²) in [5.41, 5.74) is 0.885. The summed E-state index contributed by atoms with van der Waals surface area (Å²) in [6, 6.07) is 13.4. The lowest BCUT2D eigenvalue weighted by molar-refractivity contribution is -0.114. The first-order chi connectivity index (χ1) is 13.3. The van der Waals surface area contributed by atoms with E-state index in [-0.39, 0.29) is 6.54 Å². The summed E-state index contributed by atoms with van der Waals surface area (Å²) in [7, 11) is -3.65. The second-order valence-electron chi connectivity index (χ2n) is 5.87. The van der Waals surface area contributed by atoms with Crippen molar-refractivity contribution in [3.05, 3.63) is 61.2 Å². The fourth-order valence-electron chi connectivity index (χ4n) is 2.43. The molecule has 2 aromatic carbocycles. The van der Waals surface area contributed by atoms with Crippen molar-refractivity contribution in [2.24, 2.45) is 0 Å². The average Bonchev–Trinajstić information content (AvgIpc) is 2.65. The summed E-state index contributed by atoms with van der Waals surface area (Å²) in [6.07, 6.45) is 2.67. The molecule has 0 spiro atoms. The van der Waals surface area contributed by atoms with Crippen molar-refractivity contribution in [3.8, 4) is 11.5 Å². The minimum Gasteiger partial charge on any atom is -0.494 e. The Morgan fingerprint density at radius 2 is 1.86 bits per heavy atom. The number of nitrogens with one attached hydrogen (secondary N) is 1. The minimum atomic E-state index is -3.65. The van der Waals surface area contributed by atoms with Crippen LogP contribution in [0.4, 0.5) is 11.4 Å². The summed E-state index contributed by atoms with van der Waals surface area (Å²) >= 11 is 0. The molecule has 0 atom stereocenters. The molecule has 0 aliphatic rings. The maximum absolute atomic E-state index is 12.4. The van der Waals surface area contributed by atoms with Gasteiger partial charge in [0.2, 0.25) is 15.9 Å². The Morgan fingerprint density at radius 1 is 1.14 bits per heavy atom. The van der Waals surface area contributed by atoms with Crippen LogP contribution in [0.25, 0.3) is 0 Å². The van der Waals surface area contributed by atoms with Crippen LogP contribution in [-0.4, -0.2) is 40.3 Å². The molecule has 2 rings (SSSR count). The Morgan fingerprint density at radius 3 is 2.46 bits per heavy atom. The number of carbonyl (C=O) groups excluding carboxylic acids is 1. The van der Waals surface area contributed by atoms with E-state index in [9.17, 15) is 13.2 Å². The SMILES string of the molecule is C=CCOc1cccc(NC(=O)CN(c2ccc(OCC)cc2)S(C)(=O)=O)c1. The van der Waals surface area contributed by atoms with E-state index in [2.05, 4.69) is 11.9 Å². The average molecular weight is 404 g/mol. The number of sulfonamides is 1. The summed E-state index contributed by atoms with van der Waals surface area (Å²) in [5.74, 6) is 0.727. The van der Waals surface area contributed by atoms with Crippen molar-refractivity contribution in [1.82, 2.24) is 0 Å². The maximum atomic E-state index is 12.4. The van der Waals surface area contributed by atoms with Crippen LogP contribution >= 0.6 is 0 Å². The van der Waals surface area contributed by atoms with Gasteiger partial charge in [-0.05, 0) is 43.3 Å². The first-order valence-electron chi connectivity index (χ1n) is 8.67. The normalized spacial score (nSPS) is 10.8. The number of hydrogen-bond donors (Lipinski definition) is 1. The van der Waals surface area contributed by atoms with Gasteiger partial charge in [-0.1, -0.05) is 18.7 Å².